The van der Waals surface area contributed by atoms with Crippen LogP contribution in [-0.2, 0) is 17.6 Å². The van der Waals surface area contributed by atoms with Gasteiger partial charge in [0.15, 0.2) is 6.61 Å². The number of carbonyl (C=O) groups excluding carboxylic acids is 1. The van der Waals surface area contributed by atoms with E-state index in [0.29, 0.717) is 0 Å². The minimum Gasteiger partial charge on any atom is -0.484 e. The Bertz CT molecular complexity index is 782. The van der Waals surface area contributed by atoms with Crippen molar-refractivity contribution in [2.45, 2.75) is 58.9 Å². The summed E-state index contributed by atoms with van der Waals surface area (Å²) in [6.07, 6.45) is 5.76. The van der Waals surface area contributed by atoms with Gasteiger partial charge in [0.05, 0.1) is 6.04 Å². The van der Waals surface area contributed by atoms with Gasteiger partial charge in [-0.25, -0.2) is 0 Å². The number of fused-ring (bicyclic) bond motifs is 1. The van der Waals surface area contributed by atoms with Crippen LogP contribution in [0.25, 0.3) is 0 Å². The summed E-state index contributed by atoms with van der Waals surface area (Å²) in [6, 6.07) is 12.7. The van der Waals surface area contributed by atoms with Gasteiger partial charge < -0.3 is 10.1 Å². The number of rotatable bonds is 6. The minimum absolute atomic E-state index is 0.0393. The Kier molecular flexibility index (Phi) is 5.97. The highest BCUT2D eigenvalue weighted by Crippen LogP contribution is 2.26. The molecule has 0 radical (unpaired) electrons. The maximum atomic E-state index is 12.4. The van der Waals surface area contributed by atoms with E-state index in [2.05, 4.69) is 36.5 Å². The second-order valence-corrected chi connectivity index (χ2v) is 7.32. The van der Waals surface area contributed by atoms with Gasteiger partial charge in [0.25, 0.3) is 5.91 Å². The maximum absolute atomic E-state index is 12.4. The van der Waals surface area contributed by atoms with Gasteiger partial charge in [0.2, 0.25) is 0 Å². The predicted octanol–water partition coefficient (Wildman–Crippen LogP) is 4.83. The smallest absolute Gasteiger partial charge is 0.258 e. The third kappa shape index (κ3) is 4.46. The Balaban J connectivity index is 1.61. The number of nitrogens with one attached hydrogen (secondary N) is 1. The second-order valence-electron chi connectivity index (χ2n) is 7.32. The topological polar surface area (TPSA) is 38.3 Å². The Morgan fingerprint density at radius 3 is 2.58 bits per heavy atom. The van der Waals surface area contributed by atoms with Crippen molar-refractivity contribution < 1.29 is 9.53 Å². The molecule has 3 rings (SSSR count). The van der Waals surface area contributed by atoms with Crippen LogP contribution in [0.2, 0.25) is 0 Å². The first-order valence-corrected chi connectivity index (χ1v) is 9.68. The molecule has 2 aromatic carbocycles. The third-order valence-electron chi connectivity index (χ3n) is 5.21. The van der Waals surface area contributed by atoms with E-state index in [-0.39, 0.29) is 18.6 Å². The molecule has 0 spiro atoms. The standard InChI is InChI=1S/C23H29NO2/c1-4-21(20-11-10-18-7-5-6-8-19(18)14-20)24-23(25)15-26-22-12-9-16(2)13-17(22)3/h9-14,21H,4-8,15H2,1-3H3,(H,24,25)/t21-/m1/s1. The summed E-state index contributed by atoms with van der Waals surface area (Å²) in [5.74, 6) is 0.696. The zero-order valence-electron chi connectivity index (χ0n) is 16.1. The van der Waals surface area contributed by atoms with Gasteiger partial charge in [-0.2, -0.15) is 0 Å². The summed E-state index contributed by atoms with van der Waals surface area (Å²) in [6.45, 7) is 6.21. The molecule has 26 heavy (non-hydrogen) atoms. The first-order valence-electron chi connectivity index (χ1n) is 9.68. The lowest BCUT2D eigenvalue weighted by atomic mass is 9.89. The summed E-state index contributed by atoms with van der Waals surface area (Å²) in [5.41, 5.74) is 6.37. The molecule has 1 amide bonds. The molecule has 3 nitrogen and oxygen atoms in total. The molecule has 0 fully saturated rings. The Hall–Kier alpha value is -2.29. The van der Waals surface area contributed by atoms with Gasteiger partial charge in [-0.15, -0.1) is 0 Å². The zero-order chi connectivity index (χ0) is 18.5. The molecule has 0 aliphatic heterocycles. The highest BCUT2D eigenvalue weighted by atomic mass is 16.5. The number of hydrogen-bond acceptors (Lipinski definition) is 2. The van der Waals surface area contributed by atoms with Crippen LogP contribution in [-0.4, -0.2) is 12.5 Å². The average Bonchev–Trinajstić information content (AvgIpc) is 2.65. The van der Waals surface area contributed by atoms with Crippen molar-refractivity contribution in [1.29, 1.82) is 0 Å². The van der Waals surface area contributed by atoms with Crippen LogP contribution in [0.15, 0.2) is 36.4 Å². The van der Waals surface area contributed by atoms with E-state index in [9.17, 15) is 4.79 Å². The number of carbonyl (C=O) groups is 1. The second kappa shape index (κ2) is 8.39. The number of hydrogen-bond donors (Lipinski definition) is 1. The summed E-state index contributed by atoms with van der Waals surface area (Å²) in [4.78, 5) is 12.4. The normalized spacial score (nSPS) is 14.4. The highest BCUT2D eigenvalue weighted by Gasteiger charge is 2.16. The van der Waals surface area contributed by atoms with Crippen LogP contribution in [0.5, 0.6) is 5.75 Å². The average molecular weight is 351 g/mol. The van der Waals surface area contributed by atoms with E-state index >= 15 is 0 Å². The quantitative estimate of drug-likeness (QED) is 0.809. The van der Waals surface area contributed by atoms with Crippen LogP contribution >= 0.6 is 0 Å². The fourth-order valence-corrected chi connectivity index (χ4v) is 3.73. The lowest BCUT2D eigenvalue weighted by Crippen LogP contribution is -2.32. The first kappa shape index (κ1) is 18.5. The van der Waals surface area contributed by atoms with Crippen LogP contribution in [0.1, 0.15) is 60.0 Å². The van der Waals surface area contributed by atoms with Gasteiger partial charge in [0.1, 0.15) is 5.75 Å². The highest BCUT2D eigenvalue weighted by molar-refractivity contribution is 5.78. The van der Waals surface area contributed by atoms with E-state index in [1.807, 2.05) is 26.0 Å². The minimum atomic E-state index is -0.0745. The monoisotopic (exact) mass is 351 g/mol. The molecule has 2 aromatic rings. The molecule has 1 atom stereocenters. The Labute approximate surface area is 156 Å². The molecular weight excluding hydrogens is 322 g/mol. The SMILES string of the molecule is CC[C@@H](NC(=O)COc1ccc(C)cc1C)c1ccc2c(c1)CCCC2. The molecule has 1 aliphatic carbocycles. The molecular formula is C23H29NO2. The van der Waals surface area contributed by atoms with Crippen molar-refractivity contribution in [1.82, 2.24) is 5.32 Å². The summed E-state index contributed by atoms with van der Waals surface area (Å²) >= 11 is 0. The largest absolute Gasteiger partial charge is 0.484 e. The van der Waals surface area contributed by atoms with Crippen molar-refractivity contribution in [3.63, 3.8) is 0 Å². The molecule has 0 unspecified atom stereocenters. The fourth-order valence-electron chi connectivity index (χ4n) is 3.73. The summed E-state index contributed by atoms with van der Waals surface area (Å²) in [5, 5.41) is 3.13. The third-order valence-corrected chi connectivity index (χ3v) is 5.21. The van der Waals surface area contributed by atoms with Crippen molar-refractivity contribution in [2.24, 2.45) is 0 Å². The molecule has 3 heteroatoms. The zero-order valence-corrected chi connectivity index (χ0v) is 16.1. The van der Waals surface area contributed by atoms with Crippen molar-refractivity contribution >= 4 is 5.91 Å². The molecule has 1 N–H and O–H groups in total. The van der Waals surface area contributed by atoms with Crippen LogP contribution in [0.4, 0.5) is 0 Å². The van der Waals surface area contributed by atoms with Gasteiger partial charge in [0, 0.05) is 0 Å². The van der Waals surface area contributed by atoms with Crippen molar-refractivity contribution in [2.75, 3.05) is 6.61 Å². The predicted molar refractivity (Wildman–Crippen MR) is 106 cm³/mol. The Morgan fingerprint density at radius 2 is 1.85 bits per heavy atom. The van der Waals surface area contributed by atoms with E-state index < -0.39 is 0 Å². The van der Waals surface area contributed by atoms with Gasteiger partial charge in [-0.3, -0.25) is 4.79 Å². The first-order chi connectivity index (χ1) is 12.6. The molecule has 0 heterocycles. The summed E-state index contributed by atoms with van der Waals surface area (Å²) in [7, 11) is 0. The van der Waals surface area contributed by atoms with Crippen molar-refractivity contribution in [3.05, 3.63) is 64.2 Å². The van der Waals surface area contributed by atoms with Gasteiger partial charge in [-0.1, -0.05) is 42.8 Å². The van der Waals surface area contributed by atoms with Gasteiger partial charge >= 0.3 is 0 Å². The molecule has 0 saturated heterocycles. The van der Waals surface area contributed by atoms with Gasteiger partial charge in [-0.05, 0) is 74.3 Å². The van der Waals surface area contributed by atoms with E-state index in [0.717, 1.165) is 24.2 Å². The van der Waals surface area contributed by atoms with E-state index in [4.69, 9.17) is 4.74 Å². The Morgan fingerprint density at radius 1 is 1.08 bits per heavy atom. The maximum Gasteiger partial charge on any atom is 0.258 e. The summed E-state index contributed by atoms with van der Waals surface area (Å²) < 4.78 is 5.71. The molecule has 0 saturated carbocycles. The van der Waals surface area contributed by atoms with Crippen LogP contribution in [0, 0.1) is 13.8 Å². The fraction of sp³-hybridized carbons (Fsp3) is 0.435. The van der Waals surface area contributed by atoms with Crippen LogP contribution in [0.3, 0.4) is 0 Å². The molecule has 0 bridgehead atoms. The number of aryl methyl sites for hydroxylation is 4. The lowest BCUT2D eigenvalue weighted by Gasteiger charge is -2.22. The van der Waals surface area contributed by atoms with Crippen LogP contribution < -0.4 is 10.1 Å². The van der Waals surface area contributed by atoms with Crippen molar-refractivity contribution in [3.8, 4) is 5.75 Å². The number of ether oxygens (including phenoxy) is 1. The van der Waals surface area contributed by atoms with E-state index in [1.54, 1.807) is 0 Å². The molecule has 0 aromatic heterocycles. The lowest BCUT2D eigenvalue weighted by molar-refractivity contribution is -0.123. The number of benzene rings is 2. The molecule has 1 aliphatic rings. The number of amides is 1. The molecule has 138 valence electrons. The van der Waals surface area contributed by atoms with E-state index in [1.165, 1.54) is 41.5 Å².